The van der Waals surface area contributed by atoms with Crippen LogP contribution < -0.4 is 10.3 Å². The third-order valence-electron chi connectivity index (χ3n) is 3.52. The van der Waals surface area contributed by atoms with E-state index >= 15 is 0 Å². The highest BCUT2D eigenvalue weighted by molar-refractivity contribution is 5.35. The van der Waals surface area contributed by atoms with E-state index in [1.54, 1.807) is 37.5 Å². The second-order valence-corrected chi connectivity index (χ2v) is 5.24. The van der Waals surface area contributed by atoms with Crippen molar-refractivity contribution < 1.29 is 13.5 Å². The summed E-state index contributed by atoms with van der Waals surface area (Å²) >= 11 is 0. The van der Waals surface area contributed by atoms with Crippen LogP contribution in [0.5, 0.6) is 5.75 Å². The topological polar surface area (TPSA) is 44.1 Å². The average molecular weight is 328 g/mol. The van der Waals surface area contributed by atoms with E-state index in [4.69, 9.17) is 4.74 Å². The van der Waals surface area contributed by atoms with Gasteiger partial charge in [0.15, 0.2) is 0 Å². The molecule has 0 aliphatic heterocycles. The molecule has 122 valence electrons. The van der Waals surface area contributed by atoms with Crippen LogP contribution in [0.2, 0.25) is 0 Å². The van der Waals surface area contributed by atoms with E-state index in [0.717, 1.165) is 12.1 Å². The highest BCUT2D eigenvalue weighted by Crippen LogP contribution is 2.17. The van der Waals surface area contributed by atoms with Crippen LogP contribution >= 0.6 is 0 Å². The van der Waals surface area contributed by atoms with Crippen LogP contribution in [0.4, 0.5) is 8.78 Å². The van der Waals surface area contributed by atoms with Gasteiger partial charge in [-0.25, -0.2) is 8.78 Å². The van der Waals surface area contributed by atoms with Gasteiger partial charge < -0.3 is 4.74 Å². The van der Waals surface area contributed by atoms with Gasteiger partial charge in [-0.05, 0) is 31.2 Å². The Kier molecular flexibility index (Phi) is 4.37. The summed E-state index contributed by atoms with van der Waals surface area (Å²) in [5, 5.41) is 0. The summed E-state index contributed by atoms with van der Waals surface area (Å²) in [7, 11) is 0. The Hall–Kier alpha value is -3.02. The minimum Gasteiger partial charge on any atom is -0.489 e. The van der Waals surface area contributed by atoms with E-state index in [0.29, 0.717) is 17.1 Å². The van der Waals surface area contributed by atoms with Crippen molar-refractivity contribution in [3.05, 3.63) is 88.1 Å². The van der Waals surface area contributed by atoms with Gasteiger partial charge in [0.2, 0.25) is 0 Å². The van der Waals surface area contributed by atoms with Crippen molar-refractivity contribution >= 4 is 0 Å². The molecule has 0 amide bonds. The molecule has 3 aromatic rings. The van der Waals surface area contributed by atoms with Crippen molar-refractivity contribution in [1.82, 2.24) is 9.55 Å². The molecule has 0 unspecified atom stereocenters. The molecular weight excluding hydrogens is 314 g/mol. The first-order valence-electron chi connectivity index (χ1n) is 7.25. The predicted octanol–water partition coefficient (Wildman–Crippen LogP) is 3.40. The largest absolute Gasteiger partial charge is 0.489 e. The van der Waals surface area contributed by atoms with E-state index in [1.165, 1.54) is 16.7 Å². The number of hydrogen-bond acceptors (Lipinski definition) is 3. The normalized spacial score (nSPS) is 10.6. The molecule has 0 spiro atoms. The molecule has 0 fully saturated rings. The lowest BCUT2D eigenvalue weighted by atomic mass is 10.2. The minimum absolute atomic E-state index is 0.0930. The van der Waals surface area contributed by atoms with Crippen LogP contribution in [0.15, 0.2) is 59.7 Å². The summed E-state index contributed by atoms with van der Waals surface area (Å²) < 4.78 is 33.5. The molecular formula is C18H14F2N2O2. The summed E-state index contributed by atoms with van der Waals surface area (Å²) in [6.07, 6.45) is 3.20. The van der Waals surface area contributed by atoms with Gasteiger partial charge in [0, 0.05) is 41.9 Å². The highest BCUT2D eigenvalue weighted by atomic mass is 19.1. The first kappa shape index (κ1) is 15.9. The summed E-state index contributed by atoms with van der Waals surface area (Å²) in [4.78, 5) is 16.2. The number of hydrogen-bond donors (Lipinski definition) is 0. The summed E-state index contributed by atoms with van der Waals surface area (Å²) in [6.45, 7) is 1.68. The molecule has 0 atom stereocenters. The van der Waals surface area contributed by atoms with Crippen LogP contribution in [-0.4, -0.2) is 9.55 Å². The van der Waals surface area contributed by atoms with E-state index in [2.05, 4.69) is 4.98 Å². The lowest BCUT2D eigenvalue weighted by Gasteiger charge is -2.12. The van der Waals surface area contributed by atoms with E-state index in [9.17, 15) is 13.6 Å². The first-order chi connectivity index (χ1) is 11.5. The number of pyridine rings is 2. The summed E-state index contributed by atoms with van der Waals surface area (Å²) in [5.41, 5.74) is 1.31. The molecule has 0 bridgehead atoms. The number of halogens is 2. The number of benzene rings is 1. The fourth-order valence-corrected chi connectivity index (χ4v) is 2.38. The van der Waals surface area contributed by atoms with E-state index in [1.807, 2.05) is 0 Å². The molecule has 0 saturated carbocycles. The molecule has 0 N–H and O–H groups in total. The lowest BCUT2D eigenvalue weighted by Crippen LogP contribution is -2.20. The van der Waals surface area contributed by atoms with Crippen molar-refractivity contribution in [3.8, 4) is 11.4 Å². The second-order valence-electron chi connectivity index (χ2n) is 5.24. The zero-order valence-corrected chi connectivity index (χ0v) is 12.9. The fourth-order valence-electron chi connectivity index (χ4n) is 2.38. The molecule has 0 saturated heterocycles. The van der Waals surface area contributed by atoms with Gasteiger partial charge >= 0.3 is 0 Å². The van der Waals surface area contributed by atoms with Gasteiger partial charge in [-0.3, -0.25) is 14.3 Å². The van der Waals surface area contributed by atoms with Gasteiger partial charge in [0.05, 0.1) is 5.69 Å². The van der Waals surface area contributed by atoms with Crippen LogP contribution in [0.1, 0.15) is 11.3 Å². The number of aromatic nitrogens is 2. The van der Waals surface area contributed by atoms with Crippen molar-refractivity contribution in [2.45, 2.75) is 13.5 Å². The smallest absolute Gasteiger partial charge is 0.258 e. The molecule has 0 radical (unpaired) electrons. The molecule has 0 aliphatic carbocycles. The molecule has 2 heterocycles. The molecule has 6 heteroatoms. The van der Waals surface area contributed by atoms with E-state index < -0.39 is 11.6 Å². The standard InChI is InChI=1S/C18H14F2N2O2/c1-12-8-16(24-11-13-2-3-14(19)9-17(13)20)10-18(23)22(12)15-4-6-21-7-5-15/h2-10H,11H2,1H3. The maximum atomic E-state index is 13.6. The SMILES string of the molecule is Cc1cc(OCc2ccc(F)cc2F)cc(=O)n1-c1ccncc1. The maximum Gasteiger partial charge on any atom is 0.258 e. The Morgan fingerprint density at radius 2 is 1.83 bits per heavy atom. The van der Waals surface area contributed by atoms with E-state index in [-0.39, 0.29) is 17.7 Å². The average Bonchev–Trinajstić information content (AvgIpc) is 2.54. The molecule has 0 aliphatic rings. The zero-order valence-electron chi connectivity index (χ0n) is 12.9. The maximum absolute atomic E-state index is 13.6. The lowest BCUT2D eigenvalue weighted by molar-refractivity contribution is 0.298. The number of ether oxygens (including phenoxy) is 1. The molecule has 1 aromatic carbocycles. The third-order valence-corrected chi connectivity index (χ3v) is 3.52. The minimum atomic E-state index is -0.683. The predicted molar refractivity (Wildman–Crippen MR) is 85.3 cm³/mol. The van der Waals surface area contributed by atoms with Crippen molar-refractivity contribution in [2.24, 2.45) is 0 Å². The molecule has 24 heavy (non-hydrogen) atoms. The van der Waals surface area contributed by atoms with Gasteiger partial charge in [-0.1, -0.05) is 0 Å². The van der Waals surface area contributed by atoms with Crippen molar-refractivity contribution in [3.63, 3.8) is 0 Å². The molecule has 2 aromatic heterocycles. The Bertz CT molecular complexity index is 924. The monoisotopic (exact) mass is 328 g/mol. The fraction of sp³-hybridized carbons (Fsp3) is 0.111. The van der Waals surface area contributed by atoms with Crippen molar-refractivity contribution in [2.75, 3.05) is 0 Å². The quantitative estimate of drug-likeness (QED) is 0.737. The summed E-state index contributed by atoms with van der Waals surface area (Å²) in [5.74, 6) is -1.00. The van der Waals surface area contributed by atoms with Gasteiger partial charge in [-0.15, -0.1) is 0 Å². The first-order valence-corrected chi connectivity index (χ1v) is 7.25. The van der Waals surface area contributed by atoms with Gasteiger partial charge in [0.25, 0.3) is 5.56 Å². The van der Waals surface area contributed by atoms with Crippen LogP contribution in [-0.2, 0) is 6.61 Å². The Morgan fingerprint density at radius 3 is 2.50 bits per heavy atom. The molecule has 3 rings (SSSR count). The van der Waals surface area contributed by atoms with Gasteiger partial charge in [0.1, 0.15) is 24.0 Å². The van der Waals surface area contributed by atoms with Crippen LogP contribution in [0.25, 0.3) is 5.69 Å². The number of nitrogens with zero attached hydrogens (tertiary/aromatic N) is 2. The second kappa shape index (κ2) is 6.62. The van der Waals surface area contributed by atoms with Crippen LogP contribution in [0.3, 0.4) is 0 Å². The Labute approximate surface area is 137 Å². The highest BCUT2D eigenvalue weighted by Gasteiger charge is 2.08. The molecule has 4 nitrogen and oxygen atoms in total. The number of rotatable bonds is 4. The third kappa shape index (κ3) is 3.32. The van der Waals surface area contributed by atoms with Crippen molar-refractivity contribution in [1.29, 1.82) is 0 Å². The Balaban J connectivity index is 1.84. The van der Waals surface area contributed by atoms with Gasteiger partial charge in [-0.2, -0.15) is 0 Å². The van der Waals surface area contributed by atoms with Crippen LogP contribution in [0, 0.1) is 18.6 Å². The number of aryl methyl sites for hydroxylation is 1. The summed E-state index contributed by atoms with van der Waals surface area (Å²) in [6, 6.07) is 9.74. The zero-order chi connectivity index (χ0) is 17.1. The Morgan fingerprint density at radius 1 is 1.08 bits per heavy atom.